The molecule has 0 N–H and O–H groups in total. The van der Waals surface area contributed by atoms with E-state index in [1.165, 1.54) is 12.1 Å². The van der Waals surface area contributed by atoms with Gasteiger partial charge in [-0.1, -0.05) is 0 Å². The third kappa shape index (κ3) is 2.37. The summed E-state index contributed by atoms with van der Waals surface area (Å²) in [6.45, 7) is 1.17. The van der Waals surface area contributed by atoms with E-state index >= 15 is 0 Å². The van der Waals surface area contributed by atoms with E-state index < -0.39 is 11.4 Å². The zero-order chi connectivity index (χ0) is 12.3. The molecule has 1 aliphatic rings. The maximum absolute atomic E-state index is 13.4. The summed E-state index contributed by atoms with van der Waals surface area (Å²) in [4.78, 5) is 10.8. The molecule has 0 unspecified atom stereocenters. The van der Waals surface area contributed by atoms with Crippen LogP contribution in [0.3, 0.4) is 0 Å². The van der Waals surface area contributed by atoms with Crippen LogP contribution in [0.25, 0.3) is 0 Å². The van der Waals surface area contributed by atoms with Gasteiger partial charge in [-0.2, -0.15) is 0 Å². The first-order chi connectivity index (χ1) is 8.20. The number of benzene rings is 1. The van der Waals surface area contributed by atoms with Crippen molar-refractivity contribution in [2.75, 3.05) is 20.3 Å². The van der Waals surface area contributed by atoms with Crippen LogP contribution < -0.4 is 0 Å². The Hall–Kier alpha value is -1.26. The van der Waals surface area contributed by atoms with Gasteiger partial charge in [-0.05, 0) is 23.8 Å². The van der Waals surface area contributed by atoms with E-state index in [0.29, 0.717) is 43.5 Å². The zero-order valence-corrected chi connectivity index (χ0v) is 9.74. The molecule has 0 radical (unpaired) electrons. The van der Waals surface area contributed by atoms with Gasteiger partial charge < -0.3 is 9.47 Å². The Morgan fingerprint density at radius 2 is 2.06 bits per heavy atom. The summed E-state index contributed by atoms with van der Waals surface area (Å²) in [7, 11) is 1.61. The van der Waals surface area contributed by atoms with Crippen LogP contribution in [0.15, 0.2) is 18.2 Å². The van der Waals surface area contributed by atoms with Crippen molar-refractivity contribution in [2.24, 2.45) is 0 Å². The number of ether oxygens (including phenoxy) is 2. The van der Waals surface area contributed by atoms with E-state index in [9.17, 15) is 9.18 Å². The van der Waals surface area contributed by atoms with Crippen molar-refractivity contribution in [3.05, 3.63) is 35.1 Å². The zero-order valence-electron chi connectivity index (χ0n) is 9.74. The van der Waals surface area contributed by atoms with E-state index in [1.54, 1.807) is 13.2 Å². The Morgan fingerprint density at radius 1 is 1.35 bits per heavy atom. The molecule has 0 saturated carbocycles. The molecule has 0 amide bonds. The van der Waals surface area contributed by atoms with Crippen LogP contribution in [-0.2, 0) is 15.1 Å². The van der Waals surface area contributed by atoms with Gasteiger partial charge in [-0.3, -0.25) is 4.79 Å². The predicted octanol–water partition coefficient (Wildman–Crippen LogP) is 2.29. The lowest BCUT2D eigenvalue weighted by atomic mass is 9.85. The molecule has 1 heterocycles. The lowest BCUT2D eigenvalue weighted by Gasteiger charge is -2.36. The number of carbonyl (C=O) groups is 1. The first-order valence-corrected chi connectivity index (χ1v) is 5.59. The first-order valence-electron chi connectivity index (χ1n) is 5.59. The molecule has 92 valence electrons. The van der Waals surface area contributed by atoms with Gasteiger partial charge in [0.1, 0.15) is 12.1 Å². The fourth-order valence-corrected chi connectivity index (χ4v) is 2.26. The Bertz CT molecular complexity index is 411. The van der Waals surface area contributed by atoms with E-state index in [0.717, 1.165) is 0 Å². The number of hydrogen-bond acceptors (Lipinski definition) is 3. The number of hydrogen-bond donors (Lipinski definition) is 0. The highest BCUT2D eigenvalue weighted by Crippen LogP contribution is 2.36. The first kappa shape index (κ1) is 12.2. The summed E-state index contributed by atoms with van der Waals surface area (Å²) in [6.07, 6.45) is 1.99. The van der Waals surface area contributed by atoms with Crippen molar-refractivity contribution >= 4 is 6.29 Å². The third-order valence-electron chi connectivity index (χ3n) is 3.27. The van der Waals surface area contributed by atoms with Crippen LogP contribution in [-0.4, -0.2) is 26.6 Å². The second kappa shape index (κ2) is 4.94. The number of methoxy groups -OCH3 is 1. The maximum atomic E-state index is 13.4. The molecule has 1 aromatic carbocycles. The Kier molecular flexibility index (Phi) is 3.54. The second-order valence-corrected chi connectivity index (χ2v) is 4.20. The van der Waals surface area contributed by atoms with Crippen molar-refractivity contribution < 1.29 is 18.7 Å². The van der Waals surface area contributed by atoms with Crippen LogP contribution in [0.1, 0.15) is 28.8 Å². The largest absolute Gasteiger partial charge is 0.381 e. The Labute approximate surface area is 99.5 Å². The molecule has 0 atom stereocenters. The Morgan fingerprint density at radius 3 is 2.65 bits per heavy atom. The molecule has 2 rings (SSSR count). The standard InChI is InChI=1S/C13H15FO3/c1-16-13(2-4-17-5-3-13)11-6-10(9-15)7-12(14)8-11/h6-9H,2-5H2,1H3. The molecule has 1 aliphatic heterocycles. The van der Waals surface area contributed by atoms with Crippen LogP contribution >= 0.6 is 0 Å². The van der Waals surface area contributed by atoms with Gasteiger partial charge in [0.15, 0.2) is 0 Å². The molecule has 1 aromatic rings. The summed E-state index contributed by atoms with van der Waals surface area (Å²) in [5.41, 5.74) is 0.520. The Balaban J connectivity index is 2.42. The van der Waals surface area contributed by atoms with Crippen molar-refractivity contribution in [3.63, 3.8) is 0 Å². The molecular weight excluding hydrogens is 223 g/mol. The number of aldehydes is 1. The average molecular weight is 238 g/mol. The van der Waals surface area contributed by atoms with Gasteiger partial charge in [-0.25, -0.2) is 4.39 Å². The smallest absolute Gasteiger partial charge is 0.150 e. The van der Waals surface area contributed by atoms with Crippen molar-refractivity contribution in [1.82, 2.24) is 0 Å². The quantitative estimate of drug-likeness (QED) is 0.758. The predicted molar refractivity (Wildman–Crippen MR) is 60.5 cm³/mol. The van der Waals surface area contributed by atoms with Crippen LogP contribution in [0.4, 0.5) is 4.39 Å². The number of rotatable bonds is 3. The minimum Gasteiger partial charge on any atom is -0.381 e. The lowest BCUT2D eigenvalue weighted by Crippen LogP contribution is -2.35. The lowest BCUT2D eigenvalue weighted by molar-refractivity contribution is -0.0949. The van der Waals surface area contributed by atoms with Crippen molar-refractivity contribution in [3.8, 4) is 0 Å². The van der Waals surface area contributed by atoms with Gasteiger partial charge in [-0.15, -0.1) is 0 Å². The monoisotopic (exact) mass is 238 g/mol. The highest BCUT2D eigenvalue weighted by Gasteiger charge is 2.34. The van der Waals surface area contributed by atoms with E-state index in [4.69, 9.17) is 9.47 Å². The molecule has 17 heavy (non-hydrogen) atoms. The maximum Gasteiger partial charge on any atom is 0.150 e. The number of halogens is 1. The summed E-state index contributed by atoms with van der Waals surface area (Å²) in [5.74, 6) is -0.410. The van der Waals surface area contributed by atoms with Crippen LogP contribution in [0, 0.1) is 5.82 Å². The van der Waals surface area contributed by atoms with E-state index in [2.05, 4.69) is 0 Å². The molecule has 0 spiro atoms. The van der Waals surface area contributed by atoms with Crippen molar-refractivity contribution in [1.29, 1.82) is 0 Å². The average Bonchev–Trinajstić information content (AvgIpc) is 2.38. The van der Waals surface area contributed by atoms with Gasteiger partial charge in [0, 0.05) is 38.7 Å². The van der Waals surface area contributed by atoms with E-state index in [-0.39, 0.29) is 0 Å². The minimum absolute atomic E-state index is 0.336. The molecule has 0 aromatic heterocycles. The van der Waals surface area contributed by atoms with Gasteiger partial charge >= 0.3 is 0 Å². The van der Waals surface area contributed by atoms with E-state index in [1.807, 2.05) is 0 Å². The highest BCUT2D eigenvalue weighted by molar-refractivity contribution is 5.75. The molecule has 0 aliphatic carbocycles. The van der Waals surface area contributed by atoms with Gasteiger partial charge in [0.05, 0.1) is 5.60 Å². The normalized spacial score (nSPS) is 18.9. The fourth-order valence-electron chi connectivity index (χ4n) is 2.26. The fraction of sp³-hybridized carbons (Fsp3) is 0.462. The number of carbonyl (C=O) groups excluding carboxylic acids is 1. The SMILES string of the molecule is COC1(c2cc(F)cc(C=O)c2)CCOCC1. The van der Waals surface area contributed by atoms with Crippen LogP contribution in [0.5, 0.6) is 0 Å². The molecule has 1 saturated heterocycles. The summed E-state index contributed by atoms with van der Waals surface area (Å²) in [6, 6.07) is 4.34. The minimum atomic E-state index is -0.530. The van der Waals surface area contributed by atoms with Crippen molar-refractivity contribution in [2.45, 2.75) is 18.4 Å². The molecule has 0 bridgehead atoms. The van der Waals surface area contributed by atoms with Gasteiger partial charge in [0.2, 0.25) is 0 Å². The van der Waals surface area contributed by atoms with Gasteiger partial charge in [0.25, 0.3) is 0 Å². The van der Waals surface area contributed by atoms with Crippen LogP contribution in [0.2, 0.25) is 0 Å². The summed E-state index contributed by atoms with van der Waals surface area (Å²) >= 11 is 0. The third-order valence-corrected chi connectivity index (χ3v) is 3.27. The molecule has 3 nitrogen and oxygen atoms in total. The molecule has 4 heteroatoms. The second-order valence-electron chi connectivity index (χ2n) is 4.20. The summed E-state index contributed by atoms with van der Waals surface area (Å²) in [5, 5.41) is 0. The molecule has 1 fully saturated rings. The topological polar surface area (TPSA) is 35.5 Å². The summed E-state index contributed by atoms with van der Waals surface area (Å²) < 4.78 is 24.3. The molecular formula is C13H15FO3. The highest BCUT2D eigenvalue weighted by atomic mass is 19.1.